The maximum atomic E-state index is 12.6. The largest absolute Gasteiger partial charge is 0.340 e. The number of anilines is 3. The standard InChI is InChI=1S/C20H19ClN4O/c1-12-6-4-9-17(13(12)2)25-20(26)18-11-19(23-14(3)22-18)24-16-8-5-7-15(21)10-16/h4-11H,1-3H3,(H,25,26)(H,22,23,24). The number of rotatable bonds is 4. The van der Waals surface area contributed by atoms with Crippen LogP contribution in [0.1, 0.15) is 27.4 Å². The summed E-state index contributed by atoms with van der Waals surface area (Å²) in [5.74, 6) is 0.757. The molecule has 0 atom stereocenters. The third-order valence-electron chi connectivity index (χ3n) is 4.02. The molecule has 26 heavy (non-hydrogen) atoms. The molecule has 0 saturated heterocycles. The van der Waals surface area contributed by atoms with Gasteiger partial charge in [0.25, 0.3) is 5.91 Å². The van der Waals surface area contributed by atoms with Crippen LogP contribution in [0.5, 0.6) is 0 Å². The van der Waals surface area contributed by atoms with Gasteiger partial charge in [-0.3, -0.25) is 4.79 Å². The third-order valence-corrected chi connectivity index (χ3v) is 4.26. The van der Waals surface area contributed by atoms with E-state index in [1.54, 1.807) is 25.1 Å². The van der Waals surface area contributed by atoms with Crippen molar-refractivity contribution in [2.24, 2.45) is 0 Å². The zero-order valence-corrected chi connectivity index (χ0v) is 15.6. The molecule has 0 fully saturated rings. The molecule has 0 unspecified atom stereocenters. The number of hydrogen-bond donors (Lipinski definition) is 2. The number of nitrogens with zero attached hydrogens (tertiary/aromatic N) is 2. The van der Waals surface area contributed by atoms with Crippen LogP contribution in [-0.4, -0.2) is 15.9 Å². The number of aryl methyl sites for hydroxylation is 2. The van der Waals surface area contributed by atoms with Gasteiger partial charge in [0, 0.05) is 22.5 Å². The highest BCUT2D eigenvalue weighted by molar-refractivity contribution is 6.30. The fraction of sp³-hybridized carbons (Fsp3) is 0.150. The molecule has 0 bridgehead atoms. The predicted octanol–water partition coefficient (Wildman–Crippen LogP) is 5.05. The first-order valence-electron chi connectivity index (χ1n) is 8.18. The van der Waals surface area contributed by atoms with Gasteiger partial charge in [-0.05, 0) is 56.2 Å². The Balaban J connectivity index is 1.84. The Labute approximate surface area is 157 Å². The van der Waals surface area contributed by atoms with E-state index in [0.717, 1.165) is 22.5 Å². The Hall–Kier alpha value is -2.92. The smallest absolute Gasteiger partial charge is 0.274 e. The lowest BCUT2D eigenvalue weighted by molar-refractivity contribution is 0.102. The Kier molecular flexibility index (Phi) is 5.19. The Bertz CT molecular complexity index is 972. The maximum Gasteiger partial charge on any atom is 0.274 e. The van der Waals surface area contributed by atoms with E-state index in [-0.39, 0.29) is 5.91 Å². The van der Waals surface area contributed by atoms with Crippen LogP contribution in [-0.2, 0) is 0 Å². The van der Waals surface area contributed by atoms with Crippen LogP contribution in [0.4, 0.5) is 17.2 Å². The van der Waals surface area contributed by atoms with E-state index in [9.17, 15) is 4.79 Å². The van der Waals surface area contributed by atoms with Gasteiger partial charge < -0.3 is 10.6 Å². The van der Waals surface area contributed by atoms with Gasteiger partial charge >= 0.3 is 0 Å². The van der Waals surface area contributed by atoms with Crippen molar-refractivity contribution < 1.29 is 4.79 Å². The highest BCUT2D eigenvalue weighted by Gasteiger charge is 2.13. The number of amides is 1. The molecule has 6 heteroatoms. The van der Waals surface area contributed by atoms with Crippen LogP contribution in [0.25, 0.3) is 0 Å². The molecule has 0 spiro atoms. The van der Waals surface area contributed by atoms with Gasteiger partial charge in [-0.15, -0.1) is 0 Å². The van der Waals surface area contributed by atoms with E-state index in [4.69, 9.17) is 11.6 Å². The van der Waals surface area contributed by atoms with E-state index in [2.05, 4.69) is 20.6 Å². The van der Waals surface area contributed by atoms with Crippen molar-refractivity contribution in [2.75, 3.05) is 10.6 Å². The number of nitrogens with one attached hydrogen (secondary N) is 2. The average molecular weight is 367 g/mol. The summed E-state index contributed by atoms with van der Waals surface area (Å²) in [5, 5.41) is 6.69. The Morgan fingerprint density at radius 3 is 2.54 bits per heavy atom. The molecule has 0 aliphatic rings. The molecule has 132 valence electrons. The second-order valence-corrected chi connectivity index (χ2v) is 6.46. The summed E-state index contributed by atoms with van der Waals surface area (Å²) in [6, 6.07) is 14.7. The normalized spacial score (nSPS) is 10.5. The second-order valence-electron chi connectivity index (χ2n) is 6.02. The van der Waals surface area contributed by atoms with Crippen molar-refractivity contribution in [3.8, 4) is 0 Å². The first kappa shape index (κ1) is 17.9. The number of carbonyl (C=O) groups excluding carboxylic acids is 1. The van der Waals surface area contributed by atoms with Crippen molar-refractivity contribution in [3.63, 3.8) is 0 Å². The first-order chi connectivity index (χ1) is 12.4. The molecule has 1 aromatic heterocycles. The lowest BCUT2D eigenvalue weighted by atomic mass is 10.1. The minimum absolute atomic E-state index is 0.279. The summed E-state index contributed by atoms with van der Waals surface area (Å²) < 4.78 is 0. The lowest BCUT2D eigenvalue weighted by Gasteiger charge is -2.11. The molecular formula is C20H19ClN4O. The van der Waals surface area contributed by atoms with Crippen LogP contribution in [0.3, 0.4) is 0 Å². The van der Waals surface area contributed by atoms with E-state index in [1.807, 2.05) is 44.2 Å². The van der Waals surface area contributed by atoms with Crippen LogP contribution < -0.4 is 10.6 Å². The number of aromatic nitrogens is 2. The van der Waals surface area contributed by atoms with Crippen LogP contribution in [0.2, 0.25) is 5.02 Å². The SMILES string of the molecule is Cc1nc(Nc2cccc(Cl)c2)cc(C(=O)Nc2cccc(C)c2C)n1. The van der Waals surface area contributed by atoms with Crippen molar-refractivity contribution in [2.45, 2.75) is 20.8 Å². The van der Waals surface area contributed by atoms with Crippen LogP contribution in [0, 0.1) is 20.8 Å². The summed E-state index contributed by atoms with van der Waals surface area (Å²) in [6.07, 6.45) is 0. The van der Waals surface area contributed by atoms with Gasteiger partial charge in [-0.2, -0.15) is 0 Å². The zero-order valence-electron chi connectivity index (χ0n) is 14.8. The molecule has 3 aromatic rings. The molecule has 0 saturated carbocycles. The lowest BCUT2D eigenvalue weighted by Crippen LogP contribution is -2.16. The van der Waals surface area contributed by atoms with Gasteiger partial charge in [-0.1, -0.05) is 29.8 Å². The number of carbonyl (C=O) groups is 1. The van der Waals surface area contributed by atoms with E-state index in [1.165, 1.54) is 0 Å². The Morgan fingerprint density at radius 2 is 1.77 bits per heavy atom. The summed E-state index contributed by atoms with van der Waals surface area (Å²) in [5.41, 5.74) is 4.00. The molecule has 0 radical (unpaired) electrons. The predicted molar refractivity (Wildman–Crippen MR) is 105 cm³/mol. The van der Waals surface area contributed by atoms with Gasteiger partial charge in [0.05, 0.1) is 0 Å². The maximum absolute atomic E-state index is 12.6. The van der Waals surface area contributed by atoms with Gasteiger partial charge in [0.2, 0.25) is 0 Å². The van der Waals surface area contributed by atoms with Crippen LogP contribution >= 0.6 is 11.6 Å². The molecule has 0 aliphatic heterocycles. The molecular weight excluding hydrogens is 348 g/mol. The fourth-order valence-electron chi connectivity index (χ4n) is 2.54. The minimum Gasteiger partial charge on any atom is -0.340 e. The topological polar surface area (TPSA) is 66.9 Å². The van der Waals surface area contributed by atoms with Crippen LogP contribution in [0.15, 0.2) is 48.5 Å². The quantitative estimate of drug-likeness (QED) is 0.678. The molecule has 1 amide bonds. The van der Waals surface area contributed by atoms with E-state index in [0.29, 0.717) is 22.4 Å². The highest BCUT2D eigenvalue weighted by Crippen LogP contribution is 2.21. The summed E-state index contributed by atoms with van der Waals surface area (Å²) in [7, 11) is 0. The number of halogens is 1. The van der Waals surface area contributed by atoms with Gasteiger partial charge in [-0.25, -0.2) is 9.97 Å². The van der Waals surface area contributed by atoms with Crippen molar-refractivity contribution in [1.82, 2.24) is 9.97 Å². The van der Waals surface area contributed by atoms with Gasteiger partial charge in [0.15, 0.2) is 0 Å². The van der Waals surface area contributed by atoms with Gasteiger partial charge in [0.1, 0.15) is 17.3 Å². The fourth-order valence-corrected chi connectivity index (χ4v) is 2.73. The molecule has 0 aliphatic carbocycles. The first-order valence-corrected chi connectivity index (χ1v) is 8.56. The molecule has 1 heterocycles. The minimum atomic E-state index is -0.279. The van der Waals surface area contributed by atoms with Crippen molar-refractivity contribution >= 4 is 34.7 Å². The third kappa shape index (κ3) is 4.18. The monoisotopic (exact) mass is 366 g/mol. The average Bonchev–Trinajstić information content (AvgIpc) is 2.58. The summed E-state index contributed by atoms with van der Waals surface area (Å²) in [4.78, 5) is 21.2. The molecule has 3 rings (SSSR count). The Morgan fingerprint density at radius 1 is 1.00 bits per heavy atom. The van der Waals surface area contributed by atoms with E-state index >= 15 is 0 Å². The van der Waals surface area contributed by atoms with Crippen molar-refractivity contribution in [3.05, 3.63) is 76.2 Å². The number of benzene rings is 2. The zero-order chi connectivity index (χ0) is 18.7. The molecule has 2 aromatic carbocycles. The summed E-state index contributed by atoms with van der Waals surface area (Å²) >= 11 is 6.01. The van der Waals surface area contributed by atoms with E-state index < -0.39 is 0 Å². The molecule has 2 N–H and O–H groups in total. The second kappa shape index (κ2) is 7.54. The van der Waals surface area contributed by atoms with Crippen molar-refractivity contribution in [1.29, 1.82) is 0 Å². The highest BCUT2D eigenvalue weighted by atomic mass is 35.5. The number of hydrogen-bond acceptors (Lipinski definition) is 4. The summed E-state index contributed by atoms with van der Waals surface area (Å²) in [6.45, 7) is 5.73. The molecule has 5 nitrogen and oxygen atoms in total.